The fraction of sp³-hybridized carbons (Fsp3) is 0.857. The molecule has 0 aromatic rings. The predicted octanol–water partition coefficient (Wildman–Crippen LogP) is 0.158. The van der Waals surface area contributed by atoms with E-state index in [-0.39, 0.29) is 0 Å². The molecule has 0 spiro atoms. The highest BCUT2D eigenvalue weighted by Gasteiger charge is 1.84. The van der Waals surface area contributed by atoms with Gasteiger partial charge in [-0.2, -0.15) is 7.05 Å². The predicted molar refractivity (Wildman–Crippen MR) is 37.9 cm³/mol. The molecule has 0 aliphatic heterocycles. The van der Waals surface area contributed by atoms with Gasteiger partial charge in [0.1, 0.15) is 0 Å². The molecule has 56 valence electrons. The van der Waals surface area contributed by atoms with Gasteiger partial charge in [0.25, 0.3) is 0 Å². The zero-order valence-corrected chi connectivity index (χ0v) is 6.23. The minimum Gasteiger partial charge on any atom is -0.477 e. The highest BCUT2D eigenvalue weighted by atomic mass is 16.5. The first kappa shape index (κ1) is 8.92. The van der Waals surface area contributed by atoms with Crippen molar-refractivity contribution in [3.05, 3.63) is 7.05 Å². The summed E-state index contributed by atoms with van der Waals surface area (Å²) in [5.41, 5.74) is 0. The largest absolute Gasteiger partial charge is 0.477 e. The van der Waals surface area contributed by atoms with E-state index in [1.54, 1.807) is 0 Å². The molecule has 0 bridgehead atoms. The molecule has 0 saturated carbocycles. The second-order valence-corrected chi connectivity index (χ2v) is 2.04. The van der Waals surface area contributed by atoms with Crippen LogP contribution in [0.15, 0.2) is 0 Å². The van der Waals surface area contributed by atoms with Crippen LogP contribution in [0.4, 0.5) is 0 Å². The van der Waals surface area contributed by atoms with Gasteiger partial charge in [0.15, 0.2) is 0 Å². The van der Waals surface area contributed by atoms with E-state index in [1.807, 2.05) is 5.32 Å². The van der Waals surface area contributed by atoms with E-state index in [0.29, 0.717) is 0 Å². The van der Waals surface area contributed by atoms with Crippen molar-refractivity contribution in [2.45, 2.75) is 19.8 Å². The minimum absolute atomic E-state index is 0.837. The Labute approximate surface area is 57.6 Å². The molecule has 0 rings (SSSR count). The number of quaternary nitrogens is 1. The normalized spacial score (nSPS) is 10.0. The van der Waals surface area contributed by atoms with E-state index in [0.717, 1.165) is 19.8 Å². The number of unbranched alkanes of at least 4 members (excludes halogenated alkanes) is 1. The summed E-state index contributed by atoms with van der Waals surface area (Å²) in [7, 11) is 3.60. The number of hydrogen-bond donors (Lipinski definition) is 1. The van der Waals surface area contributed by atoms with Crippen molar-refractivity contribution in [1.82, 2.24) is 0 Å². The van der Waals surface area contributed by atoms with Crippen LogP contribution in [0.3, 0.4) is 0 Å². The zero-order valence-electron chi connectivity index (χ0n) is 6.23. The third-order valence-electron chi connectivity index (χ3n) is 1.11. The van der Waals surface area contributed by atoms with Crippen molar-refractivity contribution in [3.8, 4) is 0 Å². The molecule has 0 aliphatic rings. The smallest absolute Gasteiger partial charge is 0.0934 e. The van der Waals surface area contributed by atoms with Crippen LogP contribution in [0.2, 0.25) is 0 Å². The van der Waals surface area contributed by atoms with Gasteiger partial charge >= 0.3 is 0 Å². The van der Waals surface area contributed by atoms with Crippen molar-refractivity contribution in [1.29, 1.82) is 0 Å². The Kier molecular flexibility index (Phi) is 7.85. The van der Waals surface area contributed by atoms with Crippen LogP contribution < -0.4 is 5.32 Å². The molecule has 0 heterocycles. The fourth-order valence-electron chi connectivity index (χ4n) is 0.515. The van der Waals surface area contributed by atoms with E-state index in [1.165, 1.54) is 12.8 Å². The fourth-order valence-corrected chi connectivity index (χ4v) is 0.515. The van der Waals surface area contributed by atoms with Gasteiger partial charge in [0.2, 0.25) is 0 Å². The maximum Gasteiger partial charge on any atom is 0.0934 e. The molecule has 2 heteroatoms. The van der Waals surface area contributed by atoms with Gasteiger partial charge in [0, 0.05) is 6.61 Å². The molecule has 9 heavy (non-hydrogen) atoms. The summed E-state index contributed by atoms with van der Waals surface area (Å²) in [6.07, 6.45) is 2.39. The quantitative estimate of drug-likeness (QED) is 0.403. The van der Waals surface area contributed by atoms with Crippen LogP contribution in [0, 0.1) is 7.05 Å². The van der Waals surface area contributed by atoms with Crippen LogP contribution in [-0.2, 0) is 4.74 Å². The second kappa shape index (κ2) is 7.92. The maximum absolute atomic E-state index is 5.24. The van der Waals surface area contributed by atoms with Crippen molar-refractivity contribution >= 4 is 0 Å². The average molecular weight is 131 g/mol. The summed E-state index contributed by atoms with van der Waals surface area (Å²) in [4.78, 5) is 0. The minimum atomic E-state index is 0.837. The molecule has 2 N–H and O–H groups in total. The monoisotopic (exact) mass is 131 g/mol. The first-order valence-electron chi connectivity index (χ1n) is 3.60. The van der Waals surface area contributed by atoms with Gasteiger partial charge in [-0.05, 0) is 6.42 Å². The Morgan fingerprint density at radius 3 is 2.78 bits per heavy atom. The van der Waals surface area contributed by atoms with Gasteiger partial charge in [-0.25, -0.2) is 0 Å². The summed E-state index contributed by atoms with van der Waals surface area (Å²) in [6.45, 7) is 4.88. The van der Waals surface area contributed by atoms with Gasteiger partial charge in [-0.1, -0.05) is 13.3 Å². The zero-order chi connectivity index (χ0) is 6.95. The Balaban J connectivity index is 2.60. The van der Waals surface area contributed by atoms with Crippen LogP contribution >= 0.6 is 0 Å². The molecule has 2 nitrogen and oxygen atoms in total. The topological polar surface area (TPSA) is 25.8 Å². The molecular weight excluding hydrogens is 114 g/mol. The lowest BCUT2D eigenvalue weighted by molar-refractivity contribution is -0.597. The summed E-state index contributed by atoms with van der Waals surface area (Å²) in [6, 6.07) is 0. The van der Waals surface area contributed by atoms with Crippen LogP contribution in [0.5, 0.6) is 0 Å². The Hall–Kier alpha value is -0.0800. The second-order valence-electron chi connectivity index (χ2n) is 2.04. The number of hydrogen-bond acceptors (Lipinski definition) is 1. The lowest BCUT2D eigenvalue weighted by atomic mass is 10.4. The summed E-state index contributed by atoms with van der Waals surface area (Å²) in [5.74, 6) is 0. The van der Waals surface area contributed by atoms with E-state index >= 15 is 0 Å². The molecule has 0 saturated heterocycles. The molecule has 0 radical (unpaired) electrons. The molecule has 0 amide bonds. The van der Waals surface area contributed by atoms with Crippen molar-refractivity contribution in [2.24, 2.45) is 0 Å². The third-order valence-corrected chi connectivity index (χ3v) is 1.11. The number of rotatable bonds is 6. The highest BCUT2D eigenvalue weighted by Crippen LogP contribution is 1.85. The summed E-state index contributed by atoms with van der Waals surface area (Å²) in [5, 5.41) is 1.88. The Bertz CT molecular complexity index is 42.2. The number of nitrogens with two attached hydrogens (primary N) is 1. The lowest BCUT2D eigenvalue weighted by Crippen LogP contribution is -2.78. The van der Waals surface area contributed by atoms with Crippen LogP contribution in [-0.4, -0.2) is 19.8 Å². The molecule has 0 unspecified atom stereocenters. The molecular formula is C7H17NO. The highest BCUT2D eigenvalue weighted by molar-refractivity contribution is 4.30. The van der Waals surface area contributed by atoms with Crippen molar-refractivity contribution in [2.75, 3.05) is 19.8 Å². The number of ether oxygens (including phenoxy) is 1. The molecule has 0 aliphatic carbocycles. The van der Waals surface area contributed by atoms with E-state index in [2.05, 4.69) is 14.0 Å². The first-order valence-corrected chi connectivity index (χ1v) is 3.60. The SMILES string of the molecule is [CH2-][NH2+]CCOCCCC. The molecule has 0 atom stereocenters. The van der Waals surface area contributed by atoms with Crippen LogP contribution in [0.1, 0.15) is 19.8 Å². The summed E-state index contributed by atoms with van der Waals surface area (Å²) < 4.78 is 5.24. The lowest BCUT2D eigenvalue weighted by Gasteiger charge is -2.01. The molecule has 0 fully saturated rings. The first-order chi connectivity index (χ1) is 4.41. The van der Waals surface area contributed by atoms with Crippen molar-refractivity contribution in [3.63, 3.8) is 0 Å². The Morgan fingerprint density at radius 2 is 2.22 bits per heavy atom. The molecule has 0 aromatic carbocycles. The van der Waals surface area contributed by atoms with Gasteiger partial charge < -0.3 is 10.1 Å². The maximum atomic E-state index is 5.24. The third kappa shape index (κ3) is 7.92. The van der Waals surface area contributed by atoms with Gasteiger partial charge in [-0.15, -0.1) is 0 Å². The van der Waals surface area contributed by atoms with E-state index in [9.17, 15) is 0 Å². The van der Waals surface area contributed by atoms with E-state index < -0.39 is 0 Å². The standard InChI is InChI=1S/C7H17NO/c1-3-4-6-9-7-5-8-2/h2-8H2,1H3. The Morgan fingerprint density at radius 1 is 1.44 bits per heavy atom. The van der Waals surface area contributed by atoms with E-state index in [4.69, 9.17) is 4.74 Å². The average Bonchev–Trinajstić information content (AvgIpc) is 1.89. The molecule has 0 aromatic heterocycles. The van der Waals surface area contributed by atoms with Gasteiger partial charge in [-0.3, -0.25) is 0 Å². The van der Waals surface area contributed by atoms with Crippen LogP contribution in [0.25, 0.3) is 0 Å². The van der Waals surface area contributed by atoms with Gasteiger partial charge in [0.05, 0.1) is 13.2 Å². The summed E-state index contributed by atoms with van der Waals surface area (Å²) >= 11 is 0. The van der Waals surface area contributed by atoms with Crippen molar-refractivity contribution < 1.29 is 10.1 Å².